The van der Waals surface area contributed by atoms with Crippen molar-refractivity contribution in [2.24, 2.45) is 0 Å². The number of nitrogens with one attached hydrogen (secondary N) is 1. The van der Waals surface area contributed by atoms with E-state index in [4.69, 9.17) is 17.0 Å². The smallest absolute Gasteiger partial charge is 0.175 e. The molecule has 0 bridgehead atoms. The fourth-order valence-corrected chi connectivity index (χ4v) is 2.99. The molecule has 0 aliphatic heterocycles. The number of benzene rings is 1. The third-order valence-corrected chi connectivity index (χ3v) is 4.21. The Morgan fingerprint density at radius 3 is 2.40 bits per heavy atom. The number of halogens is 1. The first-order valence-electron chi connectivity index (χ1n) is 5.58. The van der Waals surface area contributed by atoms with Crippen LogP contribution in [0.3, 0.4) is 0 Å². The molecule has 4 nitrogen and oxygen atoms in total. The van der Waals surface area contributed by atoms with Gasteiger partial charge in [0, 0.05) is 10.7 Å². The number of hydrogen-bond acceptors (Lipinski definition) is 5. The zero-order valence-electron chi connectivity index (χ0n) is 10.8. The minimum absolute atomic E-state index is 0.138. The van der Waals surface area contributed by atoms with Crippen LogP contribution >= 0.6 is 35.1 Å². The first kappa shape index (κ1) is 15.0. The SMILES string of the molecule is CSc1nc(SC)n(-c2ccc(Cl)cc2)c(=N)c1C#N. The Kier molecular flexibility index (Phi) is 4.76. The van der Waals surface area contributed by atoms with Gasteiger partial charge in [-0.15, -0.1) is 11.8 Å². The first-order chi connectivity index (χ1) is 9.62. The van der Waals surface area contributed by atoms with Crippen molar-refractivity contribution in [2.75, 3.05) is 12.5 Å². The standard InChI is InChI=1S/C13H11ClN4S2/c1-19-12-10(7-15)11(16)18(13(17-12)20-2)9-5-3-8(14)4-6-9/h3-6,16H,1-2H3. The summed E-state index contributed by atoms with van der Waals surface area (Å²) >= 11 is 8.69. The van der Waals surface area contributed by atoms with Gasteiger partial charge in [0.05, 0.1) is 0 Å². The van der Waals surface area contributed by atoms with Gasteiger partial charge in [0.25, 0.3) is 0 Å². The number of hydrogen-bond donors (Lipinski definition) is 1. The van der Waals surface area contributed by atoms with Crippen molar-refractivity contribution in [3.05, 3.63) is 40.3 Å². The van der Waals surface area contributed by atoms with E-state index in [1.54, 1.807) is 16.7 Å². The van der Waals surface area contributed by atoms with Crippen molar-refractivity contribution in [1.82, 2.24) is 9.55 Å². The lowest BCUT2D eigenvalue weighted by molar-refractivity contribution is 0.725. The number of aromatic nitrogens is 2. The molecule has 2 aromatic rings. The van der Waals surface area contributed by atoms with Crippen LogP contribution in [0.1, 0.15) is 5.56 Å². The topological polar surface area (TPSA) is 65.5 Å². The predicted octanol–water partition coefficient (Wildman–Crippen LogP) is 3.32. The van der Waals surface area contributed by atoms with Crippen LogP contribution in [0.25, 0.3) is 5.69 Å². The van der Waals surface area contributed by atoms with Gasteiger partial charge >= 0.3 is 0 Å². The van der Waals surface area contributed by atoms with E-state index in [1.165, 1.54) is 23.5 Å². The van der Waals surface area contributed by atoms with Gasteiger partial charge in [-0.3, -0.25) is 9.98 Å². The normalized spacial score (nSPS) is 10.3. The second-order valence-electron chi connectivity index (χ2n) is 3.76. The van der Waals surface area contributed by atoms with Crippen molar-refractivity contribution in [3.63, 3.8) is 0 Å². The van der Waals surface area contributed by atoms with Gasteiger partial charge in [-0.2, -0.15) is 5.26 Å². The highest BCUT2D eigenvalue weighted by Gasteiger charge is 2.14. The molecule has 2 rings (SSSR count). The predicted molar refractivity (Wildman–Crippen MR) is 82.7 cm³/mol. The molecule has 0 aliphatic carbocycles. The van der Waals surface area contributed by atoms with Crippen LogP contribution in [0.4, 0.5) is 0 Å². The van der Waals surface area contributed by atoms with Crippen molar-refractivity contribution in [2.45, 2.75) is 10.2 Å². The molecule has 1 aromatic carbocycles. The fourth-order valence-electron chi connectivity index (χ4n) is 1.72. The molecule has 0 saturated carbocycles. The highest BCUT2D eigenvalue weighted by Crippen LogP contribution is 2.22. The van der Waals surface area contributed by atoms with E-state index >= 15 is 0 Å². The van der Waals surface area contributed by atoms with Crippen LogP contribution in [0.5, 0.6) is 0 Å². The Labute approximate surface area is 130 Å². The summed E-state index contributed by atoms with van der Waals surface area (Å²) in [4.78, 5) is 4.45. The van der Waals surface area contributed by atoms with Gasteiger partial charge in [-0.25, -0.2) is 4.98 Å². The Morgan fingerprint density at radius 1 is 1.25 bits per heavy atom. The second-order valence-corrected chi connectivity index (χ2v) is 5.76. The van der Waals surface area contributed by atoms with E-state index in [2.05, 4.69) is 11.1 Å². The molecule has 0 fully saturated rings. The molecule has 20 heavy (non-hydrogen) atoms. The number of thioether (sulfide) groups is 2. The van der Waals surface area contributed by atoms with E-state index in [0.29, 0.717) is 15.2 Å². The van der Waals surface area contributed by atoms with E-state index < -0.39 is 0 Å². The third kappa shape index (κ3) is 2.70. The summed E-state index contributed by atoms with van der Waals surface area (Å²) in [6.07, 6.45) is 3.74. The molecular weight excluding hydrogens is 312 g/mol. The average Bonchev–Trinajstić information content (AvgIpc) is 2.47. The van der Waals surface area contributed by atoms with Crippen LogP contribution in [0, 0.1) is 16.7 Å². The van der Waals surface area contributed by atoms with Crippen molar-refractivity contribution in [3.8, 4) is 11.8 Å². The van der Waals surface area contributed by atoms with Crippen molar-refractivity contribution >= 4 is 35.1 Å². The summed E-state index contributed by atoms with van der Waals surface area (Å²) in [5.41, 5.74) is 1.18. The Bertz CT molecular complexity index is 732. The van der Waals surface area contributed by atoms with E-state index in [-0.39, 0.29) is 11.1 Å². The van der Waals surface area contributed by atoms with Crippen molar-refractivity contribution < 1.29 is 0 Å². The maximum Gasteiger partial charge on any atom is 0.175 e. The molecule has 1 N–H and O–H groups in total. The number of nitriles is 1. The summed E-state index contributed by atoms with van der Waals surface area (Å²) in [5, 5.41) is 19.4. The molecule has 0 aliphatic rings. The second kappa shape index (κ2) is 6.35. The fraction of sp³-hybridized carbons (Fsp3) is 0.154. The summed E-state index contributed by atoms with van der Waals surface area (Å²) in [7, 11) is 0. The Morgan fingerprint density at radius 2 is 1.90 bits per heavy atom. The van der Waals surface area contributed by atoms with Gasteiger partial charge in [0.2, 0.25) is 0 Å². The van der Waals surface area contributed by atoms with Crippen LogP contribution in [-0.2, 0) is 0 Å². The maximum absolute atomic E-state index is 9.24. The van der Waals surface area contributed by atoms with Crippen LogP contribution in [-0.4, -0.2) is 22.1 Å². The quantitative estimate of drug-likeness (QED) is 0.535. The van der Waals surface area contributed by atoms with Crippen molar-refractivity contribution in [1.29, 1.82) is 10.7 Å². The Hall–Kier alpha value is -1.42. The molecule has 0 atom stereocenters. The van der Waals surface area contributed by atoms with E-state index in [1.807, 2.05) is 24.6 Å². The average molecular weight is 323 g/mol. The third-order valence-electron chi connectivity index (χ3n) is 2.64. The molecule has 0 saturated heterocycles. The van der Waals surface area contributed by atoms with Gasteiger partial charge < -0.3 is 0 Å². The lowest BCUT2D eigenvalue weighted by Gasteiger charge is -2.14. The minimum atomic E-state index is 0.138. The summed E-state index contributed by atoms with van der Waals surface area (Å²) < 4.78 is 1.65. The van der Waals surface area contributed by atoms with Gasteiger partial charge in [-0.1, -0.05) is 23.4 Å². The number of nitrogens with zero attached hydrogens (tertiary/aromatic N) is 3. The first-order valence-corrected chi connectivity index (χ1v) is 8.40. The van der Waals surface area contributed by atoms with Gasteiger partial charge in [-0.05, 0) is 36.8 Å². The van der Waals surface area contributed by atoms with E-state index in [0.717, 1.165) is 5.69 Å². The van der Waals surface area contributed by atoms with Gasteiger partial charge in [0.15, 0.2) is 10.6 Å². The molecule has 102 valence electrons. The molecule has 0 spiro atoms. The van der Waals surface area contributed by atoms with E-state index in [9.17, 15) is 5.26 Å². The minimum Gasteiger partial charge on any atom is -0.283 e. The monoisotopic (exact) mass is 322 g/mol. The molecule has 0 amide bonds. The highest BCUT2D eigenvalue weighted by molar-refractivity contribution is 7.99. The zero-order chi connectivity index (χ0) is 14.7. The van der Waals surface area contributed by atoms with Crippen LogP contribution < -0.4 is 5.49 Å². The zero-order valence-corrected chi connectivity index (χ0v) is 13.2. The van der Waals surface area contributed by atoms with Crippen LogP contribution in [0.2, 0.25) is 5.02 Å². The summed E-state index contributed by atoms with van der Waals surface area (Å²) in [5.74, 6) is 0. The molecule has 1 aromatic heterocycles. The highest BCUT2D eigenvalue weighted by atomic mass is 35.5. The lowest BCUT2D eigenvalue weighted by Crippen LogP contribution is -2.25. The molecular formula is C13H11ClN4S2. The summed E-state index contributed by atoms with van der Waals surface area (Å²) in [6, 6.07) is 9.18. The Balaban J connectivity index is 2.78. The largest absolute Gasteiger partial charge is 0.283 e. The maximum atomic E-state index is 9.24. The van der Waals surface area contributed by atoms with Crippen LogP contribution in [0.15, 0.2) is 34.4 Å². The number of rotatable bonds is 3. The summed E-state index contributed by atoms with van der Waals surface area (Å²) in [6.45, 7) is 0. The van der Waals surface area contributed by atoms with Gasteiger partial charge in [0.1, 0.15) is 16.7 Å². The molecule has 7 heteroatoms. The molecule has 1 heterocycles. The molecule has 0 unspecified atom stereocenters. The molecule has 0 radical (unpaired) electrons. The lowest BCUT2D eigenvalue weighted by atomic mass is 10.3.